The highest BCUT2D eigenvalue weighted by Gasteiger charge is 1.97. The average molecular weight is 220 g/mol. The summed E-state index contributed by atoms with van der Waals surface area (Å²) in [6, 6.07) is -4.72. The van der Waals surface area contributed by atoms with Crippen LogP contribution in [-0.4, -0.2) is 12.6 Å². The molecule has 15 heavy (non-hydrogen) atoms. The van der Waals surface area contributed by atoms with Crippen LogP contribution in [0.1, 0.15) is 39.8 Å². The first-order valence-corrected chi connectivity index (χ1v) is 3.56. The van der Waals surface area contributed by atoms with Crippen LogP contribution in [0.15, 0.2) is 29.2 Å². The van der Waals surface area contributed by atoms with Gasteiger partial charge in [-0.05, 0) is 23.5 Å². The Labute approximate surface area is 111 Å². The molecule has 1 aromatic carbocycles. The first kappa shape index (κ1) is 2.55. The van der Waals surface area contributed by atoms with E-state index in [1.165, 1.54) is 0 Å². The number of nitrogens with zero attached hydrogens (tertiary/aromatic N) is 1. The van der Waals surface area contributed by atoms with E-state index in [-0.39, 0.29) is 0 Å². The molecular weight excluding hydrogens is 190 g/mol. The minimum absolute atomic E-state index is 0.876. The van der Waals surface area contributed by atoms with E-state index < -0.39 is 68.1 Å². The topological polar surface area (TPSA) is 38.7 Å². The van der Waals surface area contributed by atoms with Gasteiger partial charge in [0.1, 0.15) is 5.75 Å². The van der Waals surface area contributed by atoms with Crippen molar-refractivity contribution in [1.82, 2.24) is 0 Å². The lowest BCUT2D eigenvalue weighted by molar-refractivity contribution is 0.271. The van der Waals surface area contributed by atoms with E-state index in [2.05, 4.69) is 9.73 Å². The highest BCUT2D eigenvalue weighted by atomic mass is 16.5. The summed E-state index contributed by atoms with van der Waals surface area (Å²) >= 11 is 0. The van der Waals surface area contributed by atoms with Crippen LogP contribution < -0.4 is 4.74 Å². The third-order valence-electron chi connectivity index (χ3n) is 1.07. The summed E-state index contributed by atoms with van der Waals surface area (Å²) in [5.74, 6) is -5.15. The quantitative estimate of drug-likeness (QED) is 0.565. The first-order chi connectivity index (χ1) is 13.2. The molecule has 0 heterocycles. The lowest BCUT2D eigenvalue weighted by Crippen LogP contribution is -2.04. The van der Waals surface area contributed by atoms with E-state index in [9.17, 15) is 4.79 Å². The third kappa shape index (κ3) is 4.43. The Kier molecular flexibility index (Phi) is 1.02. The van der Waals surface area contributed by atoms with Crippen molar-refractivity contribution in [2.24, 2.45) is 10.9 Å². The molecule has 1 aromatic rings. The van der Waals surface area contributed by atoms with E-state index in [4.69, 9.17) is 20.6 Å². The summed E-state index contributed by atoms with van der Waals surface area (Å²) in [7, 11) is 0. The second-order valence-electron chi connectivity index (χ2n) is 2.10. The molecule has 0 saturated heterocycles. The van der Waals surface area contributed by atoms with Gasteiger partial charge in [-0.25, -0.2) is 9.79 Å². The van der Waals surface area contributed by atoms with Gasteiger partial charge in [-0.15, -0.1) is 0 Å². The Morgan fingerprint density at radius 2 is 2.40 bits per heavy atom. The Hall–Kier alpha value is -1.60. The van der Waals surface area contributed by atoms with Crippen molar-refractivity contribution in [3.05, 3.63) is 29.7 Å². The van der Waals surface area contributed by atoms with Gasteiger partial charge in [0.15, 0.2) is 0 Å². The molecule has 0 aromatic heterocycles. The predicted molar refractivity (Wildman–Crippen MR) is 58.6 cm³/mol. The van der Waals surface area contributed by atoms with Crippen molar-refractivity contribution in [2.75, 3.05) is 6.56 Å². The number of isocyanates is 1. The number of hydrogen-bond donors (Lipinski definition) is 0. The van der Waals surface area contributed by atoms with Crippen LogP contribution in [-0.2, 0) is 11.3 Å². The molecule has 0 bridgehead atoms. The lowest BCUT2D eigenvalue weighted by atomic mass is 10.2. The van der Waals surface area contributed by atoms with E-state index in [1.54, 1.807) is 0 Å². The SMILES string of the molecule is [2H]c1c([2H])c(C([2H])([2H])N=C=O)c([2H])c([2H])c1OC([2H])([2H])C([2H])(C([2H])([2H])[2H])C([2H])([2H])[2H]. The number of benzene rings is 1. The minimum Gasteiger partial charge on any atom is -0.493 e. The maximum atomic E-state index is 10.4. The summed E-state index contributed by atoms with van der Waals surface area (Å²) in [6.45, 7) is -14.5. The normalized spacial score (nSPS) is 28.7. The Morgan fingerprint density at radius 1 is 1.67 bits per heavy atom. The molecule has 3 heteroatoms. The summed E-state index contributed by atoms with van der Waals surface area (Å²) in [6.07, 6.45) is 0.876. The molecule has 80 valence electrons. The number of aliphatic imine (C=N–C) groups is 1. The molecule has 0 aliphatic rings. The second kappa shape index (κ2) is 5.99. The average Bonchev–Trinajstić information content (AvgIpc) is 2.53. The van der Waals surface area contributed by atoms with E-state index in [0.717, 1.165) is 6.08 Å². The van der Waals surface area contributed by atoms with Crippen LogP contribution in [0.25, 0.3) is 0 Å². The number of rotatable bonds is 5. The molecule has 0 saturated carbocycles. The van der Waals surface area contributed by atoms with E-state index in [1.807, 2.05) is 0 Å². The lowest BCUT2D eigenvalue weighted by Gasteiger charge is -2.08. The van der Waals surface area contributed by atoms with Crippen LogP contribution in [0, 0.1) is 5.89 Å². The fraction of sp³-hybridized carbons (Fsp3) is 0.417. The predicted octanol–water partition coefficient (Wildman–Crippen LogP) is 2.56. The van der Waals surface area contributed by atoms with Crippen molar-refractivity contribution >= 4 is 6.08 Å². The maximum absolute atomic E-state index is 10.4. The molecule has 0 atom stereocenters. The highest BCUT2D eigenvalue weighted by molar-refractivity contribution is 5.34. The van der Waals surface area contributed by atoms with Crippen molar-refractivity contribution in [3.8, 4) is 5.75 Å². The largest absolute Gasteiger partial charge is 0.493 e. The zero-order valence-corrected chi connectivity index (χ0v) is 7.26. The van der Waals surface area contributed by atoms with Gasteiger partial charge in [-0.3, -0.25) is 0 Å². The summed E-state index contributed by atoms with van der Waals surface area (Å²) in [5, 5.41) is 0. The Morgan fingerprint density at radius 3 is 3.00 bits per heavy atom. The highest BCUT2D eigenvalue weighted by Crippen LogP contribution is 2.13. The number of hydrogen-bond acceptors (Lipinski definition) is 3. The van der Waals surface area contributed by atoms with Crippen LogP contribution in [0.4, 0.5) is 0 Å². The van der Waals surface area contributed by atoms with Crippen molar-refractivity contribution in [3.63, 3.8) is 0 Å². The van der Waals surface area contributed by atoms with E-state index in [0.29, 0.717) is 0 Å². The first-order valence-electron chi connectivity index (χ1n) is 11.1. The molecule has 0 fully saturated rings. The van der Waals surface area contributed by atoms with Gasteiger partial charge in [0, 0.05) is 9.60 Å². The van der Waals surface area contributed by atoms with Crippen molar-refractivity contribution in [2.45, 2.75) is 20.2 Å². The van der Waals surface area contributed by atoms with Gasteiger partial charge in [0.2, 0.25) is 6.08 Å². The van der Waals surface area contributed by atoms with Crippen LogP contribution in [0.5, 0.6) is 5.75 Å². The third-order valence-corrected chi connectivity index (χ3v) is 1.07. The fourth-order valence-corrected chi connectivity index (χ4v) is 0.589. The Balaban J connectivity index is 3.79. The standard InChI is InChI=1S/C12H15NO2/c1-10(2)8-15-12-5-3-11(4-6-12)7-13-9-14/h3-6,10H,7-8H2,1-2H3/i1D3,2D3,3D,4D,5D,6D,7D2,8D2,10D. The van der Waals surface area contributed by atoms with Gasteiger partial charge >= 0.3 is 0 Å². The molecule has 0 N–H and O–H groups in total. The van der Waals surface area contributed by atoms with Crippen LogP contribution in [0.3, 0.4) is 0 Å². The molecule has 0 spiro atoms. The fourth-order valence-electron chi connectivity index (χ4n) is 0.589. The second-order valence-corrected chi connectivity index (χ2v) is 2.10. The molecular formula is C12H15NO2. The molecule has 0 aliphatic carbocycles. The summed E-state index contributed by atoms with van der Waals surface area (Å²) < 4.78 is 119. The van der Waals surface area contributed by atoms with Gasteiger partial charge in [0.25, 0.3) is 0 Å². The molecule has 0 radical (unpaired) electrons. The molecule has 0 unspecified atom stereocenters. The van der Waals surface area contributed by atoms with Gasteiger partial charge < -0.3 is 4.74 Å². The van der Waals surface area contributed by atoms with Gasteiger partial charge in [0.05, 0.1) is 24.0 Å². The summed E-state index contributed by atoms with van der Waals surface area (Å²) in [5.41, 5.74) is -1.02. The minimum atomic E-state index is -3.90. The monoisotopic (exact) mass is 220 g/mol. The summed E-state index contributed by atoms with van der Waals surface area (Å²) in [4.78, 5) is 13.2. The number of carbonyl (C=O) groups excluding carboxylic acids is 1. The van der Waals surface area contributed by atoms with E-state index >= 15 is 0 Å². The van der Waals surface area contributed by atoms with Crippen LogP contribution >= 0.6 is 0 Å². The smallest absolute Gasteiger partial charge is 0.235 e. The van der Waals surface area contributed by atoms with Crippen molar-refractivity contribution in [1.29, 1.82) is 0 Å². The van der Waals surface area contributed by atoms with Crippen molar-refractivity contribution < 1.29 is 30.1 Å². The zero-order chi connectivity index (χ0) is 24.1. The number of ether oxygens (including phenoxy) is 1. The van der Waals surface area contributed by atoms with Gasteiger partial charge in [-0.2, -0.15) is 0 Å². The van der Waals surface area contributed by atoms with Crippen LogP contribution in [0.2, 0.25) is 0 Å². The maximum Gasteiger partial charge on any atom is 0.235 e. The molecule has 3 nitrogen and oxygen atoms in total. The van der Waals surface area contributed by atoms with Gasteiger partial charge in [-0.1, -0.05) is 25.8 Å². The Bertz CT molecular complexity index is 838. The molecule has 0 amide bonds. The molecule has 0 aliphatic heterocycles. The zero-order valence-electron chi connectivity index (χ0n) is 22.3. The molecule has 1 rings (SSSR count).